The molecule has 0 radical (unpaired) electrons. The lowest BCUT2D eigenvalue weighted by Gasteiger charge is -2.44. The Labute approximate surface area is 92.8 Å². The molecule has 1 amide bonds. The summed E-state index contributed by atoms with van der Waals surface area (Å²) in [6, 6.07) is 0. The summed E-state index contributed by atoms with van der Waals surface area (Å²) in [5.41, 5.74) is -0.179. The van der Waals surface area contributed by atoms with Crippen LogP contribution in [0.2, 0.25) is 0 Å². The molecule has 0 bridgehead atoms. The fourth-order valence-electron chi connectivity index (χ4n) is 1.73. The maximum Gasteiger partial charge on any atom is 0.230 e. The van der Waals surface area contributed by atoms with E-state index in [0.29, 0.717) is 13.3 Å². The van der Waals surface area contributed by atoms with Crippen molar-refractivity contribution >= 4 is 5.91 Å². The van der Waals surface area contributed by atoms with Gasteiger partial charge in [-0.3, -0.25) is 4.79 Å². The van der Waals surface area contributed by atoms with Crippen molar-refractivity contribution in [2.24, 2.45) is 11.3 Å². The average Bonchev–Trinajstić information content (AvgIpc) is 1.99. The fourth-order valence-corrected chi connectivity index (χ4v) is 1.73. The largest absolute Gasteiger partial charge is 0.360 e. The van der Waals surface area contributed by atoms with E-state index in [4.69, 9.17) is 4.74 Å². The number of carbonyl (C=O) groups is 1. The molecule has 1 aliphatic rings. The highest BCUT2D eigenvalue weighted by Gasteiger charge is 2.41. The minimum Gasteiger partial charge on any atom is -0.360 e. The Balaban J connectivity index is 2.86. The van der Waals surface area contributed by atoms with Crippen LogP contribution >= 0.6 is 0 Å². The van der Waals surface area contributed by atoms with Gasteiger partial charge in [0.05, 0.1) is 12.5 Å². The van der Waals surface area contributed by atoms with Crippen LogP contribution in [0.5, 0.6) is 0 Å². The lowest BCUT2D eigenvalue weighted by molar-refractivity contribution is -0.169. The summed E-state index contributed by atoms with van der Waals surface area (Å²) in [6.07, 6.45) is 0. The van der Waals surface area contributed by atoms with Crippen LogP contribution in [0.15, 0.2) is 0 Å². The Bertz CT molecular complexity index is 223. The van der Waals surface area contributed by atoms with E-state index in [0.717, 1.165) is 0 Å². The van der Waals surface area contributed by atoms with Crippen LogP contribution in [0.4, 0.5) is 0 Å². The first kappa shape index (κ1) is 12.5. The molecule has 1 unspecified atom stereocenters. The van der Waals surface area contributed by atoms with Gasteiger partial charge in [-0.25, -0.2) is 0 Å². The normalized spacial score (nSPS) is 24.5. The van der Waals surface area contributed by atoms with Crippen molar-refractivity contribution in [3.63, 3.8) is 0 Å². The highest BCUT2D eigenvalue weighted by Crippen LogP contribution is 2.32. The van der Waals surface area contributed by atoms with Gasteiger partial charge in [0.25, 0.3) is 0 Å². The van der Waals surface area contributed by atoms with E-state index in [9.17, 15) is 4.79 Å². The van der Waals surface area contributed by atoms with Gasteiger partial charge < -0.3 is 9.64 Å². The van der Waals surface area contributed by atoms with Crippen molar-refractivity contribution in [3.05, 3.63) is 0 Å². The van der Waals surface area contributed by atoms with Gasteiger partial charge in [-0.1, -0.05) is 20.8 Å². The lowest BCUT2D eigenvalue weighted by Crippen LogP contribution is -2.56. The van der Waals surface area contributed by atoms with E-state index < -0.39 is 0 Å². The zero-order valence-corrected chi connectivity index (χ0v) is 10.8. The first-order chi connectivity index (χ1) is 6.64. The molecule has 3 heteroatoms. The van der Waals surface area contributed by atoms with Crippen LogP contribution in [-0.2, 0) is 9.53 Å². The highest BCUT2D eigenvalue weighted by molar-refractivity contribution is 5.80. The minimum atomic E-state index is -0.152. The minimum absolute atomic E-state index is 0.0227. The van der Waals surface area contributed by atoms with E-state index in [-0.39, 0.29) is 22.8 Å². The Hall–Kier alpha value is -0.570. The monoisotopic (exact) mass is 213 g/mol. The van der Waals surface area contributed by atoms with Crippen molar-refractivity contribution in [3.8, 4) is 0 Å². The number of ether oxygens (including phenoxy) is 1. The third-order valence-electron chi connectivity index (χ3n) is 2.92. The van der Waals surface area contributed by atoms with Crippen LogP contribution in [0, 0.1) is 11.3 Å². The molecule has 0 aliphatic carbocycles. The molecule has 1 aliphatic heterocycles. The van der Waals surface area contributed by atoms with E-state index >= 15 is 0 Å². The molecule has 1 rings (SSSR count). The first-order valence-electron chi connectivity index (χ1n) is 5.53. The van der Waals surface area contributed by atoms with E-state index in [2.05, 4.69) is 20.8 Å². The lowest BCUT2D eigenvalue weighted by atomic mass is 9.79. The summed E-state index contributed by atoms with van der Waals surface area (Å²) in [7, 11) is 0. The van der Waals surface area contributed by atoms with Crippen LogP contribution in [0.25, 0.3) is 0 Å². The van der Waals surface area contributed by atoms with Gasteiger partial charge >= 0.3 is 0 Å². The zero-order chi connectivity index (χ0) is 11.9. The SMILES string of the molecule is CC(C)(C)C1COCN(C(C)(C)C)C1=O. The number of hydrogen-bond acceptors (Lipinski definition) is 2. The maximum absolute atomic E-state index is 12.3. The maximum atomic E-state index is 12.3. The predicted octanol–water partition coefficient (Wildman–Crippen LogP) is 2.26. The number of nitrogens with zero attached hydrogens (tertiary/aromatic N) is 1. The Morgan fingerprint density at radius 1 is 1.20 bits per heavy atom. The second-order valence-corrected chi connectivity index (χ2v) is 6.36. The summed E-state index contributed by atoms with van der Waals surface area (Å²) in [6.45, 7) is 13.4. The highest BCUT2D eigenvalue weighted by atomic mass is 16.5. The molecule has 0 spiro atoms. The second-order valence-electron chi connectivity index (χ2n) is 6.36. The number of hydrogen-bond donors (Lipinski definition) is 0. The van der Waals surface area contributed by atoms with Crippen molar-refractivity contribution < 1.29 is 9.53 Å². The van der Waals surface area contributed by atoms with E-state index in [1.54, 1.807) is 0 Å². The molecule has 3 nitrogen and oxygen atoms in total. The Morgan fingerprint density at radius 2 is 1.73 bits per heavy atom. The molecule has 1 fully saturated rings. The van der Waals surface area contributed by atoms with Crippen LogP contribution in [0.3, 0.4) is 0 Å². The Morgan fingerprint density at radius 3 is 2.13 bits per heavy atom. The molecule has 88 valence electrons. The van der Waals surface area contributed by atoms with Crippen molar-refractivity contribution in [1.82, 2.24) is 4.90 Å². The van der Waals surface area contributed by atoms with Gasteiger partial charge in [-0.2, -0.15) is 0 Å². The van der Waals surface area contributed by atoms with Gasteiger partial charge in [0.1, 0.15) is 6.73 Å². The van der Waals surface area contributed by atoms with Crippen LogP contribution in [-0.4, -0.2) is 29.7 Å². The van der Waals surface area contributed by atoms with Gasteiger partial charge in [-0.05, 0) is 26.2 Å². The molecule has 0 N–H and O–H groups in total. The van der Waals surface area contributed by atoms with Crippen molar-refractivity contribution in [2.45, 2.75) is 47.1 Å². The van der Waals surface area contributed by atoms with Crippen molar-refractivity contribution in [2.75, 3.05) is 13.3 Å². The fraction of sp³-hybridized carbons (Fsp3) is 0.917. The molecular weight excluding hydrogens is 190 g/mol. The zero-order valence-electron chi connectivity index (χ0n) is 10.8. The summed E-state index contributed by atoms with van der Waals surface area (Å²) in [4.78, 5) is 14.1. The van der Waals surface area contributed by atoms with E-state index in [1.807, 2.05) is 25.7 Å². The van der Waals surface area contributed by atoms with Gasteiger partial charge in [0.15, 0.2) is 0 Å². The quantitative estimate of drug-likeness (QED) is 0.617. The molecule has 1 atom stereocenters. The summed E-state index contributed by atoms with van der Waals surface area (Å²) < 4.78 is 5.52. The third-order valence-corrected chi connectivity index (χ3v) is 2.92. The second kappa shape index (κ2) is 3.78. The first-order valence-corrected chi connectivity index (χ1v) is 5.53. The molecular formula is C12H23NO2. The molecule has 0 aromatic rings. The Kier molecular flexibility index (Phi) is 3.15. The smallest absolute Gasteiger partial charge is 0.230 e. The topological polar surface area (TPSA) is 29.5 Å². The standard InChI is InChI=1S/C12H23NO2/c1-11(2,3)9-7-15-8-13(10(9)14)12(4,5)6/h9H,7-8H2,1-6H3. The van der Waals surface area contributed by atoms with Crippen molar-refractivity contribution in [1.29, 1.82) is 0 Å². The predicted molar refractivity (Wildman–Crippen MR) is 60.4 cm³/mol. The van der Waals surface area contributed by atoms with Gasteiger partial charge in [0, 0.05) is 5.54 Å². The molecule has 0 aromatic heterocycles. The molecule has 1 saturated heterocycles. The summed E-state index contributed by atoms with van der Waals surface area (Å²) in [5.74, 6) is 0.201. The number of rotatable bonds is 0. The van der Waals surface area contributed by atoms with Crippen LogP contribution in [0.1, 0.15) is 41.5 Å². The third kappa shape index (κ3) is 2.71. The number of carbonyl (C=O) groups excluding carboxylic acids is 1. The number of amides is 1. The van der Waals surface area contributed by atoms with Gasteiger partial charge in [0.2, 0.25) is 5.91 Å². The molecule has 15 heavy (non-hydrogen) atoms. The van der Waals surface area contributed by atoms with Gasteiger partial charge in [-0.15, -0.1) is 0 Å². The van der Waals surface area contributed by atoms with E-state index in [1.165, 1.54) is 0 Å². The molecule has 1 heterocycles. The molecule has 0 saturated carbocycles. The summed E-state index contributed by atoms with van der Waals surface area (Å²) in [5, 5.41) is 0. The summed E-state index contributed by atoms with van der Waals surface area (Å²) >= 11 is 0. The van der Waals surface area contributed by atoms with Crippen LogP contribution < -0.4 is 0 Å². The average molecular weight is 213 g/mol. The molecule has 0 aromatic carbocycles.